The lowest BCUT2D eigenvalue weighted by atomic mass is 9.92. The van der Waals surface area contributed by atoms with Crippen LogP contribution in [0, 0.1) is 12.7 Å². The minimum Gasteiger partial charge on any atom is -0.393 e. The minimum atomic E-state index is -1.12. The Hall–Kier alpha value is -2.38. The van der Waals surface area contributed by atoms with Gasteiger partial charge in [-0.25, -0.2) is 4.39 Å². The minimum absolute atomic E-state index is 0.186. The van der Waals surface area contributed by atoms with E-state index in [1.54, 1.807) is 23.5 Å². The normalized spacial score (nSPS) is 21.7. The molecule has 4 nitrogen and oxygen atoms in total. The van der Waals surface area contributed by atoms with Crippen LogP contribution in [0.5, 0.6) is 0 Å². The van der Waals surface area contributed by atoms with Gasteiger partial charge in [0.05, 0.1) is 12.7 Å². The number of aliphatic hydroxyl groups excluding tert-OH is 2. The lowest BCUT2D eigenvalue weighted by molar-refractivity contribution is -0.161. The molecule has 156 valence electrons. The summed E-state index contributed by atoms with van der Waals surface area (Å²) in [7, 11) is 0. The maximum Gasteiger partial charge on any atom is 0.192 e. The fourth-order valence-electron chi connectivity index (χ4n) is 3.71. The lowest BCUT2D eigenvalue weighted by Crippen LogP contribution is -2.43. The van der Waals surface area contributed by atoms with Crippen LogP contribution in [0.3, 0.4) is 0 Å². The molecule has 3 aromatic rings. The molecule has 3 unspecified atom stereocenters. The smallest absolute Gasteiger partial charge is 0.192 e. The fourth-order valence-corrected chi connectivity index (χ4v) is 4.75. The Morgan fingerprint density at radius 1 is 1.13 bits per heavy atom. The lowest BCUT2D eigenvalue weighted by Gasteiger charge is -2.31. The van der Waals surface area contributed by atoms with E-state index in [0.29, 0.717) is 0 Å². The summed E-state index contributed by atoms with van der Waals surface area (Å²) in [5.41, 5.74) is 4.15. The summed E-state index contributed by atoms with van der Waals surface area (Å²) in [6.07, 6.45) is -1.62. The van der Waals surface area contributed by atoms with Gasteiger partial charge in [0.1, 0.15) is 18.0 Å². The van der Waals surface area contributed by atoms with Gasteiger partial charge >= 0.3 is 0 Å². The molecule has 1 aliphatic rings. The molecule has 6 heteroatoms. The number of Topliss-reactive ketones (excluding diaryl/α,β-unsaturated/α-hetero) is 1. The molecule has 0 bridgehead atoms. The van der Waals surface area contributed by atoms with E-state index in [-0.39, 0.29) is 12.2 Å². The van der Waals surface area contributed by atoms with E-state index in [0.717, 1.165) is 33.6 Å². The standard InChI is InChI=1S/C24H23FO4S/c1-14-2-3-16(21-12-20(27)24(28)22(13-26)29-21)10-17(14)11-19-8-9-23(30-19)15-4-6-18(25)7-5-15/h2-10,20-22,26-27H,11-13H2,1H3. The molecule has 3 atom stereocenters. The van der Waals surface area contributed by atoms with Crippen LogP contribution in [-0.4, -0.2) is 34.8 Å². The first-order valence-corrected chi connectivity index (χ1v) is 10.7. The number of hydrogen-bond acceptors (Lipinski definition) is 5. The van der Waals surface area contributed by atoms with E-state index in [4.69, 9.17) is 4.74 Å². The number of benzene rings is 2. The van der Waals surface area contributed by atoms with Gasteiger partial charge in [-0.05, 0) is 53.4 Å². The third-order valence-electron chi connectivity index (χ3n) is 5.48. The summed E-state index contributed by atoms with van der Waals surface area (Å²) < 4.78 is 18.9. The van der Waals surface area contributed by atoms with Crippen LogP contribution >= 0.6 is 11.3 Å². The summed E-state index contributed by atoms with van der Waals surface area (Å²) in [5.74, 6) is -0.712. The SMILES string of the molecule is Cc1ccc(C2CC(O)C(=O)C(CO)O2)cc1Cc1ccc(-c2ccc(F)cc2)s1. The van der Waals surface area contributed by atoms with Crippen molar-refractivity contribution in [3.8, 4) is 10.4 Å². The van der Waals surface area contributed by atoms with E-state index in [1.807, 2.05) is 31.2 Å². The number of ether oxygens (including phenoxy) is 1. The van der Waals surface area contributed by atoms with Gasteiger partial charge in [0.15, 0.2) is 5.78 Å². The molecule has 2 N–H and O–H groups in total. The average molecular weight is 427 g/mol. The van der Waals surface area contributed by atoms with Crippen LogP contribution in [0.15, 0.2) is 54.6 Å². The number of hydrogen-bond donors (Lipinski definition) is 2. The van der Waals surface area contributed by atoms with Crippen LogP contribution in [0.2, 0.25) is 0 Å². The summed E-state index contributed by atoms with van der Waals surface area (Å²) in [4.78, 5) is 14.1. The van der Waals surface area contributed by atoms with Gasteiger partial charge in [-0.3, -0.25) is 4.79 Å². The van der Waals surface area contributed by atoms with Gasteiger partial charge in [-0.1, -0.05) is 30.3 Å². The monoisotopic (exact) mass is 426 g/mol. The number of aliphatic hydroxyl groups is 2. The Bertz CT molecular complexity index is 1040. The molecule has 1 aliphatic heterocycles. The number of halogens is 1. The Labute approximate surface area is 178 Å². The molecule has 0 aliphatic carbocycles. The molecule has 2 heterocycles. The van der Waals surface area contributed by atoms with Crippen molar-refractivity contribution in [2.75, 3.05) is 6.61 Å². The third-order valence-corrected chi connectivity index (χ3v) is 6.61. The number of thiophene rings is 1. The highest BCUT2D eigenvalue weighted by Crippen LogP contribution is 2.33. The molecule has 0 spiro atoms. The predicted molar refractivity (Wildman–Crippen MR) is 114 cm³/mol. The number of aryl methyl sites for hydroxylation is 1. The summed E-state index contributed by atoms with van der Waals surface area (Å²) in [6, 6.07) is 16.6. The van der Waals surface area contributed by atoms with Crippen LogP contribution in [-0.2, 0) is 16.0 Å². The van der Waals surface area contributed by atoms with Crippen molar-refractivity contribution >= 4 is 17.1 Å². The van der Waals surface area contributed by atoms with Gasteiger partial charge < -0.3 is 14.9 Å². The van der Waals surface area contributed by atoms with Crippen molar-refractivity contribution in [3.05, 3.63) is 82.0 Å². The van der Waals surface area contributed by atoms with Crippen LogP contribution in [0.4, 0.5) is 4.39 Å². The van der Waals surface area contributed by atoms with Crippen molar-refractivity contribution in [2.45, 2.75) is 38.1 Å². The van der Waals surface area contributed by atoms with Crippen molar-refractivity contribution in [2.24, 2.45) is 0 Å². The molecule has 4 rings (SSSR count). The van der Waals surface area contributed by atoms with Crippen molar-refractivity contribution < 1.29 is 24.1 Å². The fraction of sp³-hybridized carbons (Fsp3) is 0.292. The number of carbonyl (C=O) groups excluding carboxylic acids is 1. The molecule has 0 amide bonds. The third kappa shape index (κ3) is 4.37. The molecule has 0 saturated carbocycles. The molecular formula is C24H23FO4S. The van der Waals surface area contributed by atoms with Crippen LogP contribution < -0.4 is 0 Å². The highest BCUT2D eigenvalue weighted by Gasteiger charge is 2.36. The zero-order valence-corrected chi connectivity index (χ0v) is 17.4. The molecule has 1 aromatic heterocycles. The molecule has 1 saturated heterocycles. The zero-order valence-electron chi connectivity index (χ0n) is 16.5. The maximum absolute atomic E-state index is 13.2. The van der Waals surface area contributed by atoms with E-state index in [1.165, 1.54) is 17.0 Å². The van der Waals surface area contributed by atoms with Gasteiger partial charge in [0.2, 0.25) is 0 Å². The summed E-state index contributed by atoms with van der Waals surface area (Å²) in [5, 5.41) is 19.4. The van der Waals surface area contributed by atoms with Gasteiger partial charge in [0, 0.05) is 22.6 Å². The second-order valence-corrected chi connectivity index (χ2v) is 8.75. The second kappa shape index (κ2) is 8.78. The summed E-state index contributed by atoms with van der Waals surface area (Å²) >= 11 is 1.67. The highest BCUT2D eigenvalue weighted by atomic mass is 32.1. The Morgan fingerprint density at radius 2 is 1.90 bits per heavy atom. The van der Waals surface area contributed by atoms with Crippen molar-refractivity contribution in [1.29, 1.82) is 0 Å². The molecule has 0 radical (unpaired) electrons. The first-order valence-electron chi connectivity index (χ1n) is 9.87. The Kier molecular flexibility index (Phi) is 6.11. The second-order valence-electron chi connectivity index (χ2n) is 7.59. The first kappa shape index (κ1) is 20.9. The quantitative estimate of drug-likeness (QED) is 0.642. The Balaban J connectivity index is 1.54. The Morgan fingerprint density at radius 3 is 2.63 bits per heavy atom. The molecule has 2 aromatic carbocycles. The van der Waals surface area contributed by atoms with E-state index in [2.05, 4.69) is 6.07 Å². The zero-order chi connectivity index (χ0) is 21.3. The van der Waals surface area contributed by atoms with Crippen LogP contribution in [0.25, 0.3) is 10.4 Å². The largest absolute Gasteiger partial charge is 0.393 e. The number of carbonyl (C=O) groups is 1. The van der Waals surface area contributed by atoms with Crippen molar-refractivity contribution in [3.63, 3.8) is 0 Å². The van der Waals surface area contributed by atoms with E-state index in [9.17, 15) is 19.4 Å². The topological polar surface area (TPSA) is 66.8 Å². The number of ketones is 1. The highest BCUT2D eigenvalue weighted by molar-refractivity contribution is 7.15. The van der Waals surface area contributed by atoms with E-state index >= 15 is 0 Å². The summed E-state index contributed by atoms with van der Waals surface area (Å²) in [6.45, 7) is 1.61. The molecular weight excluding hydrogens is 403 g/mol. The van der Waals surface area contributed by atoms with Crippen molar-refractivity contribution in [1.82, 2.24) is 0 Å². The number of rotatable bonds is 5. The van der Waals surface area contributed by atoms with Gasteiger partial charge in [-0.2, -0.15) is 0 Å². The van der Waals surface area contributed by atoms with Gasteiger partial charge in [-0.15, -0.1) is 11.3 Å². The molecule has 1 fully saturated rings. The molecule has 30 heavy (non-hydrogen) atoms. The van der Waals surface area contributed by atoms with Crippen LogP contribution in [0.1, 0.15) is 34.1 Å². The maximum atomic E-state index is 13.2. The first-order chi connectivity index (χ1) is 14.4. The average Bonchev–Trinajstić information content (AvgIpc) is 3.20. The van der Waals surface area contributed by atoms with E-state index < -0.39 is 30.7 Å². The predicted octanol–water partition coefficient (Wildman–Crippen LogP) is 4.21. The van der Waals surface area contributed by atoms with Gasteiger partial charge in [0.25, 0.3) is 0 Å².